The average molecular weight is 490 g/mol. The van der Waals surface area contributed by atoms with E-state index in [0.29, 0.717) is 23.8 Å². The van der Waals surface area contributed by atoms with Crippen LogP contribution in [-0.2, 0) is 4.79 Å². The minimum Gasteiger partial charge on any atom is -0.337 e. The van der Waals surface area contributed by atoms with E-state index in [1.54, 1.807) is 28.5 Å². The lowest BCUT2D eigenvalue weighted by Crippen LogP contribution is -2.43. The second-order valence-corrected chi connectivity index (χ2v) is 9.73. The van der Waals surface area contributed by atoms with Crippen LogP contribution in [0.15, 0.2) is 40.4 Å². The van der Waals surface area contributed by atoms with Gasteiger partial charge in [0.25, 0.3) is 5.91 Å². The van der Waals surface area contributed by atoms with E-state index >= 15 is 0 Å². The summed E-state index contributed by atoms with van der Waals surface area (Å²) in [5.74, 6) is 0.143. The molecule has 1 saturated heterocycles. The van der Waals surface area contributed by atoms with Crippen LogP contribution in [0, 0.1) is 5.92 Å². The van der Waals surface area contributed by atoms with E-state index in [2.05, 4.69) is 31.2 Å². The molecule has 0 radical (unpaired) electrons. The van der Waals surface area contributed by atoms with Gasteiger partial charge in [0.05, 0.1) is 16.3 Å². The zero-order chi connectivity index (χ0) is 20.0. The highest BCUT2D eigenvalue weighted by Crippen LogP contribution is 2.30. The smallest absolute Gasteiger partial charge is 0.264 e. The number of thiazole rings is 1. The molecule has 10 heteroatoms. The number of nitrogens with one attached hydrogen (secondary N) is 1. The molecule has 29 heavy (non-hydrogen) atoms. The number of halogens is 1. The fourth-order valence-corrected chi connectivity index (χ4v) is 5.57. The molecule has 0 aromatic carbocycles. The first kappa shape index (κ1) is 18.7. The predicted molar refractivity (Wildman–Crippen MR) is 118 cm³/mol. The van der Waals surface area contributed by atoms with Crippen molar-refractivity contribution in [1.29, 1.82) is 0 Å². The number of carbonyl (C=O) groups is 2. The molecule has 1 atom stereocenters. The Balaban J connectivity index is 1.30. The van der Waals surface area contributed by atoms with Crippen LogP contribution in [-0.4, -0.2) is 44.2 Å². The topological polar surface area (TPSA) is 79.6 Å². The Morgan fingerprint density at radius 2 is 2.21 bits per heavy atom. The van der Waals surface area contributed by atoms with E-state index < -0.39 is 0 Å². The van der Waals surface area contributed by atoms with E-state index in [0.717, 1.165) is 32.6 Å². The fraction of sp³-hybridized carbons (Fsp3) is 0.263. The van der Waals surface area contributed by atoms with E-state index in [1.165, 1.54) is 11.3 Å². The maximum atomic E-state index is 13.1. The van der Waals surface area contributed by atoms with Crippen molar-refractivity contribution in [1.82, 2.24) is 19.3 Å². The van der Waals surface area contributed by atoms with Gasteiger partial charge in [0.2, 0.25) is 5.91 Å². The number of piperidine rings is 1. The summed E-state index contributed by atoms with van der Waals surface area (Å²) < 4.78 is 2.86. The summed E-state index contributed by atoms with van der Waals surface area (Å²) in [5.41, 5.74) is 0.960. The fourth-order valence-electron chi connectivity index (χ4n) is 3.56. The first-order valence-electron chi connectivity index (χ1n) is 9.15. The molecule has 1 unspecified atom stereocenters. The molecule has 0 spiro atoms. The summed E-state index contributed by atoms with van der Waals surface area (Å²) in [5, 5.41) is 4.84. The van der Waals surface area contributed by atoms with Crippen molar-refractivity contribution in [2.45, 2.75) is 12.8 Å². The largest absolute Gasteiger partial charge is 0.337 e. The van der Waals surface area contributed by atoms with Crippen LogP contribution < -0.4 is 5.32 Å². The van der Waals surface area contributed by atoms with Crippen LogP contribution in [0.4, 0.5) is 5.82 Å². The molecular weight excluding hydrogens is 474 g/mol. The van der Waals surface area contributed by atoms with Gasteiger partial charge in [0.1, 0.15) is 10.6 Å². The van der Waals surface area contributed by atoms with E-state index in [-0.39, 0.29) is 17.7 Å². The van der Waals surface area contributed by atoms with Crippen molar-refractivity contribution in [3.63, 3.8) is 0 Å². The van der Waals surface area contributed by atoms with Crippen molar-refractivity contribution >= 4 is 71.5 Å². The number of amides is 2. The summed E-state index contributed by atoms with van der Waals surface area (Å²) in [6.45, 7) is 1.08. The van der Waals surface area contributed by atoms with Gasteiger partial charge >= 0.3 is 0 Å². The molecule has 0 saturated carbocycles. The molecule has 2 amide bonds. The summed E-state index contributed by atoms with van der Waals surface area (Å²) in [7, 11) is 0. The molecule has 7 nitrogen and oxygen atoms in total. The number of likely N-dealkylation sites (tertiary alicyclic amines) is 1. The molecular formula is C19H16BrN5O2S2. The third-order valence-electron chi connectivity index (χ3n) is 5.01. The summed E-state index contributed by atoms with van der Waals surface area (Å²) >= 11 is 6.32. The molecule has 5 heterocycles. The highest BCUT2D eigenvalue weighted by atomic mass is 79.9. The van der Waals surface area contributed by atoms with Crippen LogP contribution in [0.5, 0.6) is 0 Å². The standard InChI is InChI=1S/C19H16BrN5O2S2/c20-12-3-4-15(21-9-12)22-16(26)11-2-1-5-24(10-11)18(27)14-8-13-17(29-14)23-19-25(13)6-7-28-19/h3-4,6-9,11H,1-2,5,10H2,(H,21,22,26). The van der Waals surface area contributed by atoms with Crippen molar-refractivity contribution in [2.75, 3.05) is 18.4 Å². The lowest BCUT2D eigenvalue weighted by atomic mass is 9.97. The average Bonchev–Trinajstić information content (AvgIpc) is 3.41. The normalized spacial score (nSPS) is 17.1. The molecule has 1 aliphatic rings. The Hall–Kier alpha value is -2.30. The van der Waals surface area contributed by atoms with Crippen LogP contribution in [0.1, 0.15) is 22.5 Å². The Kier molecular flexibility index (Phi) is 4.84. The van der Waals surface area contributed by atoms with Gasteiger partial charge in [-0.2, -0.15) is 0 Å². The molecule has 148 valence electrons. The number of aromatic nitrogens is 3. The Labute approximate surface area is 182 Å². The highest BCUT2D eigenvalue weighted by Gasteiger charge is 2.30. The van der Waals surface area contributed by atoms with Crippen LogP contribution >= 0.6 is 38.6 Å². The number of anilines is 1. The maximum Gasteiger partial charge on any atom is 0.264 e. The number of pyridine rings is 1. The van der Waals surface area contributed by atoms with Gasteiger partial charge in [0, 0.05) is 35.3 Å². The van der Waals surface area contributed by atoms with Gasteiger partial charge in [-0.15, -0.1) is 22.7 Å². The summed E-state index contributed by atoms with van der Waals surface area (Å²) in [6.07, 6.45) is 5.17. The quantitative estimate of drug-likeness (QED) is 0.466. The molecule has 1 fully saturated rings. The zero-order valence-electron chi connectivity index (χ0n) is 15.2. The van der Waals surface area contributed by atoms with Gasteiger partial charge < -0.3 is 10.2 Å². The third-order valence-corrected chi connectivity index (χ3v) is 7.24. The lowest BCUT2D eigenvalue weighted by molar-refractivity contribution is -0.121. The molecule has 0 aliphatic carbocycles. The van der Waals surface area contributed by atoms with Gasteiger partial charge in [0.15, 0.2) is 4.96 Å². The Morgan fingerprint density at radius 3 is 3.03 bits per heavy atom. The van der Waals surface area contributed by atoms with E-state index in [1.807, 2.05) is 28.1 Å². The molecule has 1 aliphatic heterocycles. The predicted octanol–water partition coefficient (Wildman–Crippen LogP) is 4.26. The maximum absolute atomic E-state index is 13.1. The SMILES string of the molecule is O=C(Nc1ccc(Br)cn1)C1CCCN(C(=O)c2cc3c(nc4sccn43)s2)C1. The van der Waals surface area contributed by atoms with Gasteiger partial charge in [-0.1, -0.05) is 0 Å². The first-order chi connectivity index (χ1) is 14.1. The number of hydrogen-bond donors (Lipinski definition) is 1. The second-order valence-electron chi connectivity index (χ2n) is 6.91. The summed E-state index contributed by atoms with van der Waals surface area (Å²) in [6, 6.07) is 5.49. The van der Waals surface area contributed by atoms with Gasteiger partial charge in [-0.05, 0) is 47.0 Å². The summed E-state index contributed by atoms with van der Waals surface area (Å²) in [4.78, 5) is 38.7. The van der Waals surface area contributed by atoms with E-state index in [4.69, 9.17) is 0 Å². The highest BCUT2D eigenvalue weighted by molar-refractivity contribution is 9.10. The minimum absolute atomic E-state index is 0.0313. The minimum atomic E-state index is -0.243. The molecule has 1 N–H and O–H groups in total. The number of carbonyl (C=O) groups excluding carboxylic acids is 2. The molecule has 5 rings (SSSR count). The molecule has 4 aromatic rings. The van der Waals surface area contributed by atoms with Crippen molar-refractivity contribution in [3.8, 4) is 0 Å². The second kappa shape index (κ2) is 7.51. The number of fused-ring (bicyclic) bond motifs is 3. The number of imidazole rings is 1. The lowest BCUT2D eigenvalue weighted by Gasteiger charge is -2.31. The van der Waals surface area contributed by atoms with Crippen molar-refractivity contribution < 1.29 is 9.59 Å². The number of rotatable bonds is 3. The van der Waals surface area contributed by atoms with Gasteiger partial charge in [-0.3, -0.25) is 14.0 Å². The van der Waals surface area contributed by atoms with E-state index in [9.17, 15) is 9.59 Å². The molecule has 4 aromatic heterocycles. The van der Waals surface area contributed by atoms with Crippen LogP contribution in [0.25, 0.3) is 15.3 Å². The van der Waals surface area contributed by atoms with Crippen LogP contribution in [0.3, 0.4) is 0 Å². The van der Waals surface area contributed by atoms with Crippen molar-refractivity contribution in [3.05, 3.63) is 45.3 Å². The Morgan fingerprint density at radius 1 is 1.31 bits per heavy atom. The monoisotopic (exact) mass is 489 g/mol. The number of hydrogen-bond acceptors (Lipinski definition) is 6. The van der Waals surface area contributed by atoms with Crippen molar-refractivity contribution in [2.24, 2.45) is 5.92 Å². The first-order valence-corrected chi connectivity index (χ1v) is 11.6. The Bertz CT molecular complexity index is 1210. The van der Waals surface area contributed by atoms with Crippen LogP contribution in [0.2, 0.25) is 0 Å². The number of nitrogens with zero attached hydrogens (tertiary/aromatic N) is 4. The zero-order valence-corrected chi connectivity index (χ0v) is 18.4. The third kappa shape index (κ3) is 3.56. The number of thiophene rings is 1. The molecule has 0 bridgehead atoms. The van der Waals surface area contributed by atoms with Gasteiger partial charge in [-0.25, -0.2) is 9.97 Å².